The van der Waals surface area contributed by atoms with Crippen molar-refractivity contribution in [2.24, 2.45) is 5.41 Å². The van der Waals surface area contributed by atoms with Crippen LogP contribution >= 0.6 is 0 Å². The van der Waals surface area contributed by atoms with Crippen molar-refractivity contribution in [2.75, 3.05) is 27.9 Å². The minimum Gasteiger partial charge on any atom is -0.497 e. The minimum absolute atomic E-state index is 0.000636. The van der Waals surface area contributed by atoms with E-state index in [1.54, 1.807) is 21.3 Å². The molecule has 0 heterocycles. The molecular formula is C29H35NO4. The molecule has 3 aromatic carbocycles. The Morgan fingerprint density at radius 1 is 0.794 bits per heavy atom. The first kappa shape index (κ1) is 25.2. The first-order valence-electron chi connectivity index (χ1n) is 11.5. The molecule has 0 saturated carbocycles. The predicted molar refractivity (Wildman–Crippen MR) is 137 cm³/mol. The molecule has 0 aromatic heterocycles. The number of hydrogen-bond donors (Lipinski definition) is 0. The van der Waals surface area contributed by atoms with Gasteiger partial charge in [0, 0.05) is 30.3 Å². The summed E-state index contributed by atoms with van der Waals surface area (Å²) in [4.78, 5) is 15.5. The van der Waals surface area contributed by atoms with Crippen molar-refractivity contribution < 1.29 is 19.0 Å². The molecule has 5 heteroatoms. The summed E-state index contributed by atoms with van der Waals surface area (Å²) in [5, 5.41) is 0. The Hall–Kier alpha value is -3.47. The molecule has 3 aromatic rings. The van der Waals surface area contributed by atoms with Gasteiger partial charge in [-0.3, -0.25) is 4.79 Å². The van der Waals surface area contributed by atoms with Crippen LogP contribution in [0.25, 0.3) is 11.1 Å². The fourth-order valence-corrected chi connectivity index (χ4v) is 3.70. The number of nitrogens with zero attached hydrogens (tertiary/aromatic N) is 1. The van der Waals surface area contributed by atoms with Gasteiger partial charge in [-0.2, -0.15) is 0 Å². The molecule has 0 aliphatic carbocycles. The fraction of sp³-hybridized carbons (Fsp3) is 0.345. The van der Waals surface area contributed by atoms with Crippen LogP contribution in [0.3, 0.4) is 0 Å². The van der Waals surface area contributed by atoms with Gasteiger partial charge in [0.25, 0.3) is 5.91 Å². The summed E-state index contributed by atoms with van der Waals surface area (Å²) in [6.45, 7) is 7.67. The van der Waals surface area contributed by atoms with E-state index in [-0.39, 0.29) is 11.3 Å². The van der Waals surface area contributed by atoms with Crippen LogP contribution in [0, 0.1) is 5.41 Å². The predicted octanol–water partition coefficient (Wildman–Crippen LogP) is 6.46. The summed E-state index contributed by atoms with van der Waals surface area (Å²) in [5.41, 5.74) is 3.80. The summed E-state index contributed by atoms with van der Waals surface area (Å²) >= 11 is 0. The summed E-state index contributed by atoms with van der Waals surface area (Å²) in [6.07, 6.45) is 0.888. The van der Waals surface area contributed by atoms with Crippen molar-refractivity contribution in [3.05, 3.63) is 77.9 Å². The quantitative estimate of drug-likeness (QED) is 0.367. The third-order valence-corrected chi connectivity index (χ3v) is 5.81. The van der Waals surface area contributed by atoms with Crippen molar-refractivity contribution in [3.63, 3.8) is 0 Å². The van der Waals surface area contributed by atoms with E-state index in [4.69, 9.17) is 14.2 Å². The zero-order valence-corrected chi connectivity index (χ0v) is 21.1. The second-order valence-corrected chi connectivity index (χ2v) is 9.52. The molecule has 180 valence electrons. The van der Waals surface area contributed by atoms with Crippen molar-refractivity contribution in [3.8, 4) is 28.4 Å². The van der Waals surface area contributed by atoms with Gasteiger partial charge in [0.2, 0.25) is 0 Å². The first-order chi connectivity index (χ1) is 16.2. The highest BCUT2D eigenvalue weighted by Crippen LogP contribution is 2.28. The number of carbonyl (C=O) groups is 1. The summed E-state index contributed by atoms with van der Waals surface area (Å²) in [7, 11) is 4.92. The molecule has 0 fully saturated rings. The maximum atomic E-state index is 13.6. The average molecular weight is 462 g/mol. The number of hydrogen-bond acceptors (Lipinski definition) is 4. The van der Waals surface area contributed by atoms with Crippen molar-refractivity contribution in [2.45, 2.75) is 33.7 Å². The lowest BCUT2D eigenvalue weighted by Crippen LogP contribution is -2.33. The molecule has 0 atom stereocenters. The zero-order valence-electron chi connectivity index (χ0n) is 21.1. The molecule has 0 radical (unpaired) electrons. The largest absolute Gasteiger partial charge is 0.497 e. The molecule has 1 amide bonds. The normalized spacial score (nSPS) is 11.1. The highest BCUT2D eigenvalue weighted by atomic mass is 16.5. The molecule has 0 aliphatic rings. The van der Waals surface area contributed by atoms with E-state index in [0.29, 0.717) is 24.4 Å². The van der Waals surface area contributed by atoms with Gasteiger partial charge in [-0.15, -0.1) is 0 Å². The Kier molecular flexibility index (Phi) is 8.21. The molecule has 0 N–H and O–H groups in total. The van der Waals surface area contributed by atoms with Gasteiger partial charge < -0.3 is 19.1 Å². The lowest BCUT2D eigenvalue weighted by Gasteiger charge is -2.28. The number of ether oxygens (including phenoxy) is 3. The molecule has 5 nitrogen and oxygen atoms in total. The Bertz CT molecular complexity index is 1100. The molecular weight excluding hydrogens is 426 g/mol. The first-order valence-corrected chi connectivity index (χ1v) is 11.5. The van der Waals surface area contributed by atoms with E-state index in [1.165, 1.54) is 0 Å². The Balaban J connectivity index is 1.86. The van der Waals surface area contributed by atoms with Gasteiger partial charge in [-0.05, 0) is 59.4 Å². The number of amides is 1. The second kappa shape index (κ2) is 11.1. The smallest absolute Gasteiger partial charge is 0.254 e. The summed E-state index contributed by atoms with van der Waals surface area (Å²) in [5.74, 6) is 2.24. The van der Waals surface area contributed by atoms with Gasteiger partial charge in [-0.1, -0.05) is 45.0 Å². The maximum Gasteiger partial charge on any atom is 0.254 e. The van der Waals surface area contributed by atoms with E-state index in [9.17, 15) is 4.79 Å². The van der Waals surface area contributed by atoms with Gasteiger partial charge in [0.05, 0.1) is 21.3 Å². The number of benzene rings is 3. The van der Waals surface area contributed by atoms with Crippen LogP contribution in [0.4, 0.5) is 0 Å². The number of carbonyl (C=O) groups excluding carboxylic acids is 1. The molecule has 0 spiro atoms. The third kappa shape index (κ3) is 6.53. The van der Waals surface area contributed by atoms with Crippen LogP contribution in [-0.4, -0.2) is 38.7 Å². The SMILES string of the molecule is COc1cccc(-c2ccc(C(=O)N(CCC(C)(C)C)Cc3ccc(OC)cc3OC)cc2)c1. The van der Waals surface area contributed by atoms with E-state index in [2.05, 4.69) is 20.8 Å². The van der Waals surface area contributed by atoms with Gasteiger partial charge in [0.1, 0.15) is 17.2 Å². The van der Waals surface area contributed by atoms with Crippen LogP contribution in [-0.2, 0) is 6.54 Å². The van der Waals surface area contributed by atoms with E-state index in [1.807, 2.05) is 71.6 Å². The van der Waals surface area contributed by atoms with E-state index < -0.39 is 0 Å². The van der Waals surface area contributed by atoms with Crippen molar-refractivity contribution >= 4 is 5.91 Å². The van der Waals surface area contributed by atoms with Crippen LogP contribution < -0.4 is 14.2 Å². The van der Waals surface area contributed by atoms with Crippen LogP contribution in [0.5, 0.6) is 17.2 Å². The molecule has 3 rings (SSSR count). The van der Waals surface area contributed by atoms with E-state index in [0.717, 1.165) is 34.6 Å². The summed E-state index contributed by atoms with van der Waals surface area (Å²) < 4.78 is 16.2. The van der Waals surface area contributed by atoms with E-state index >= 15 is 0 Å². The topological polar surface area (TPSA) is 48.0 Å². The lowest BCUT2D eigenvalue weighted by molar-refractivity contribution is 0.0723. The second-order valence-electron chi connectivity index (χ2n) is 9.52. The Labute approximate surface area is 203 Å². The molecule has 0 bridgehead atoms. The third-order valence-electron chi connectivity index (χ3n) is 5.81. The number of rotatable bonds is 9. The fourth-order valence-electron chi connectivity index (χ4n) is 3.70. The molecule has 0 unspecified atom stereocenters. The van der Waals surface area contributed by atoms with Gasteiger partial charge in [0.15, 0.2) is 0 Å². The molecule has 34 heavy (non-hydrogen) atoms. The minimum atomic E-state index is -0.000636. The molecule has 0 saturated heterocycles. The molecule has 0 aliphatic heterocycles. The Morgan fingerprint density at radius 2 is 1.47 bits per heavy atom. The van der Waals surface area contributed by atoms with Gasteiger partial charge >= 0.3 is 0 Å². The lowest BCUT2D eigenvalue weighted by atomic mass is 9.92. The van der Waals surface area contributed by atoms with Crippen molar-refractivity contribution in [1.29, 1.82) is 0 Å². The van der Waals surface area contributed by atoms with Crippen LogP contribution in [0.15, 0.2) is 66.7 Å². The van der Waals surface area contributed by atoms with Crippen molar-refractivity contribution in [1.82, 2.24) is 4.90 Å². The Morgan fingerprint density at radius 3 is 2.09 bits per heavy atom. The average Bonchev–Trinajstić information content (AvgIpc) is 2.85. The number of methoxy groups -OCH3 is 3. The van der Waals surface area contributed by atoms with Crippen LogP contribution in [0.1, 0.15) is 43.1 Å². The maximum absolute atomic E-state index is 13.6. The standard InChI is InChI=1S/C29H35NO4/c1-29(2,3)16-17-30(20-24-14-15-26(33-5)19-27(24)34-6)28(31)22-12-10-21(11-13-22)23-8-7-9-25(18-23)32-4/h7-15,18-19H,16-17,20H2,1-6H3. The monoisotopic (exact) mass is 461 g/mol. The zero-order chi connectivity index (χ0) is 24.7. The van der Waals surface area contributed by atoms with Crippen LogP contribution in [0.2, 0.25) is 0 Å². The highest BCUT2D eigenvalue weighted by molar-refractivity contribution is 5.94. The highest BCUT2D eigenvalue weighted by Gasteiger charge is 2.21. The summed E-state index contributed by atoms with van der Waals surface area (Å²) in [6, 6.07) is 21.4. The van der Waals surface area contributed by atoms with Gasteiger partial charge in [-0.25, -0.2) is 0 Å².